The van der Waals surface area contributed by atoms with Crippen molar-refractivity contribution in [3.63, 3.8) is 0 Å². The lowest BCUT2D eigenvalue weighted by Crippen LogP contribution is -2.46. The number of hydrogen-bond donors (Lipinski definition) is 1. The molecule has 0 bridgehead atoms. The van der Waals surface area contributed by atoms with Crippen LogP contribution in [0.4, 0.5) is 0 Å². The van der Waals surface area contributed by atoms with Crippen LogP contribution in [0.2, 0.25) is 0 Å². The van der Waals surface area contributed by atoms with Gasteiger partial charge in [-0.1, -0.05) is 33.1 Å². The maximum atomic E-state index is 3.53. The van der Waals surface area contributed by atoms with E-state index in [1.54, 1.807) is 0 Å². The molecule has 3 atom stereocenters. The molecule has 1 N–H and O–H groups in total. The van der Waals surface area contributed by atoms with E-state index in [1.807, 2.05) is 0 Å². The topological polar surface area (TPSA) is 15.3 Å². The number of hydrogen-bond acceptors (Lipinski definition) is 2. The van der Waals surface area contributed by atoms with Gasteiger partial charge in [0.2, 0.25) is 0 Å². The zero-order chi connectivity index (χ0) is 12.1. The Hall–Kier alpha value is -0.0800. The molecule has 1 aliphatic carbocycles. The summed E-state index contributed by atoms with van der Waals surface area (Å²) in [4.78, 5) is 2.85. The number of rotatable bonds is 5. The normalized spacial score (nSPS) is 34.4. The van der Waals surface area contributed by atoms with Crippen molar-refractivity contribution in [2.24, 2.45) is 5.92 Å². The van der Waals surface area contributed by atoms with Gasteiger partial charge >= 0.3 is 0 Å². The Labute approximate surface area is 107 Å². The van der Waals surface area contributed by atoms with Gasteiger partial charge in [-0.2, -0.15) is 0 Å². The van der Waals surface area contributed by atoms with E-state index in [2.05, 4.69) is 24.1 Å². The minimum Gasteiger partial charge on any atom is -0.315 e. The van der Waals surface area contributed by atoms with Gasteiger partial charge in [-0.3, -0.25) is 4.90 Å². The van der Waals surface area contributed by atoms with Gasteiger partial charge in [-0.25, -0.2) is 0 Å². The molecule has 1 heterocycles. The summed E-state index contributed by atoms with van der Waals surface area (Å²) >= 11 is 0. The number of nitrogens with zero attached hydrogens (tertiary/aromatic N) is 1. The summed E-state index contributed by atoms with van der Waals surface area (Å²) in [6.07, 6.45) is 9.93. The zero-order valence-corrected chi connectivity index (χ0v) is 11.8. The van der Waals surface area contributed by atoms with Crippen molar-refractivity contribution in [1.29, 1.82) is 0 Å². The lowest BCUT2D eigenvalue weighted by Gasteiger charge is -2.40. The lowest BCUT2D eigenvalue weighted by molar-refractivity contribution is 0.0914. The monoisotopic (exact) mass is 238 g/mol. The molecule has 0 spiro atoms. The van der Waals surface area contributed by atoms with Gasteiger partial charge < -0.3 is 5.32 Å². The second-order valence-electron chi connectivity index (χ2n) is 5.98. The summed E-state index contributed by atoms with van der Waals surface area (Å²) in [5.41, 5.74) is 0. The van der Waals surface area contributed by atoms with Crippen molar-refractivity contribution in [3.05, 3.63) is 0 Å². The molecule has 2 heteroatoms. The third kappa shape index (κ3) is 3.45. The van der Waals surface area contributed by atoms with Gasteiger partial charge in [0.1, 0.15) is 0 Å². The third-order valence-corrected chi connectivity index (χ3v) is 4.79. The van der Waals surface area contributed by atoms with E-state index >= 15 is 0 Å². The molecule has 0 aromatic heterocycles. The molecule has 1 saturated heterocycles. The van der Waals surface area contributed by atoms with Crippen LogP contribution in [0.5, 0.6) is 0 Å². The average Bonchev–Trinajstić information content (AvgIpc) is 2.89. The minimum absolute atomic E-state index is 0.829. The van der Waals surface area contributed by atoms with Crippen molar-refractivity contribution in [2.45, 2.75) is 70.9 Å². The maximum absolute atomic E-state index is 3.53. The van der Waals surface area contributed by atoms with Gasteiger partial charge in [0.05, 0.1) is 0 Å². The molecule has 2 aliphatic rings. The Morgan fingerprint density at radius 2 is 2.00 bits per heavy atom. The molecule has 2 nitrogen and oxygen atoms in total. The largest absolute Gasteiger partial charge is 0.315 e. The SMILES string of the molecule is CCCN(C1CCNC1)C1CCCC(CC)C1. The molecule has 17 heavy (non-hydrogen) atoms. The molecule has 0 amide bonds. The van der Waals surface area contributed by atoms with E-state index in [9.17, 15) is 0 Å². The van der Waals surface area contributed by atoms with E-state index in [4.69, 9.17) is 0 Å². The summed E-state index contributed by atoms with van der Waals surface area (Å²) in [5, 5.41) is 3.53. The molecular formula is C15H30N2. The number of nitrogens with one attached hydrogen (secondary N) is 1. The van der Waals surface area contributed by atoms with Gasteiger partial charge in [-0.05, 0) is 44.7 Å². The standard InChI is InChI=1S/C15H30N2/c1-3-10-17(15-8-9-16-12-15)14-7-5-6-13(4-2)11-14/h13-16H,3-12H2,1-2H3. The van der Waals surface area contributed by atoms with Crippen LogP contribution in [0.15, 0.2) is 0 Å². The smallest absolute Gasteiger partial charge is 0.0235 e. The first-order valence-electron chi connectivity index (χ1n) is 7.81. The Bertz CT molecular complexity index is 211. The first kappa shape index (κ1) is 13.4. The molecule has 0 aromatic carbocycles. The first-order chi connectivity index (χ1) is 8.35. The van der Waals surface area contributed by atoms with Crippen molar-refractivity contribution < 1.29 is 0 Å². The van der Waals surface area contributed by atoms with Crippen LogP contribution in [-0.2, 0) is 0 Å². The van der Waals surface area contributed by atoms with E-state index in [1.165, 1.54) is 64.6 Å². The van der Waals surface area contributed by atoms with Crippen molar-refractivity contribution in [2.75, 3.05) is 19.6 Å². The Kier molecular flexibility index (Phi) is 5.30. The Balaban J connectivity index is 1.93. The Morgan fingerprint density at radius 3 is 2.65 bits per heavy atom. The molecule has 100 valence electrons. The predicted molar refractivity (Wildman–Crippen MR) is 74.3 cm³/mol. The van der Waals surface area contributed by atoms with E-state index < -0.39 is 0 Å². The van der Waals surface area contributed by atoms with Crippen LogP contribution in [-0.4, -0.2) is 36.6 Å². The molecule has 2 rings (SSSR count). The molecular weight excluding hydrogens is 208 g/mol. The van der Waals surface area contributed by atoms with Crippen LogP contribution in [0.25, 0.3) is 0 Å². The zero-order valence-electron chi connectivity index (χ0n) is 11.8. The maximum Gasteiger partial charge on any atom is 0.0235 e. The molecule has 1 saturated carbocycles. The second kappa shape index (κ2) is 6.75. The molecule has 3 unspecified atom stereocenters. The fourth-order valence-electron chi connectivity index (χ4n) is 3.78. The summed E-state index contributed by atoms with van der Waals surface area (Å²) in [5.74, 6) is 1.00. The van der Waals surface area contributed by atoms with Crippen molar-refractivity contribution >= 4 is 0 Å². The second-order valence-corrected chi connectivity index (χ2v) is 5.98. The molecule has 0 aromatic rings. The highest BCUT2D eigenvalue weighted by molar-refractivity contribution is 4.88. The van der Waals surface area contributed by atoms with Crippen LogP contribution in [0.3, 0.4) is 0 Å². The van der Waals surface area contributed by atoms with Crippen LogP contribution >= 0.6 is 0 Å². The fraction of sp³-hybridized carbons (Fsp3) is 1.00. The minimum atomic E-state index is 0.829. The highest BCUT2D eigenvalue weighted by Crippen LogP contribution is 2.31. The summed E-state index contributed by atoms with van der Waals surface area (Å²) in [6.45, 7) is 8.47. The van der Waals surface area contributed by atoms with Gasteiger partial charge in [0.15, 0.2) is 0 Å². The molecule has 1 aliphatic heterocycles. The molecule has 2 fully saturated rings. The van der Waals surface area contributed by atoms with Crippen LogP contribution < -0.4 is 5.32 Å². The first-order valence-corrected chi connectivity index (χ1v) is 7.81. The van der Waals surface area contributed by atoms with E-state index in [-0.39, 0.29) is 0 Å². The van der Waals surface area contributed by atoms with Gasteiger partial charge in [0, 0.05) is 18.6 Å². The van der Waals surface area contributed by atoms with Gasteiger partial charge in [-0.15, -0.1) is 0 Å². The molecule has 0 radical (unpaired) electrons. The van der Waals surface area contributed by atoms with Crippen LogP contribution in [0.1, 0.15) is 58.8 Å². The summed E-state index contributed by atoms with van der Waals surface area (Å²) in [6, 6.07) is 1.72. The van der Waals surface area contributed by atoms with Crippen LogP contribution in [0, 0.1) is 5.92 Å². The average molecular weight is 238 g/mol. The van der Waals surface area contributed by atoms with E-state index in [0.717, 1.165) is 18.0 Å². The third-order valence-electron chi connectivity index (χ3n) is 4.79. The van der Waals surface area contributed by atoms with E-state index in [0.29, 0.717) is 0 Å². The predicted octanol–water partition coefficient (Wildman–Crippen LogP) is 3.03. The van der Waals surface area contributed by atoms with Crippen molar-refractivity contribution in [3.8, 4) is 0 Å². The highest BCUT2D eigenvalue weighted by atomic mass is 15.2. The fourth-order valence-corrected chi connectivity index (χ4v) is 3.78. The van der Waals surface area contributed by atoms with Gasteiger partial charge in [0.25, 0.3) is 0 Å². The quantitative estimate of drug-likeness (QED) is 0.792. The Morgan fingerprint density at radius 1 is 1.12 bits per heavy atom. The highest BCUT2D eigenvalue weighted by Gasteiger charge is 2.31. The summed E-state index contributed by atoms with van der Waals surface area (Å²) < 4.78 is 0. The lowest BCUT2D eigenvalue weighted by atomic mass is 9.83. The summed E-state index contributed by atoms with van der Waals surface area (Å²) in [7, 11) is 0. The van der Waals surface area contributed by atoms with Crippen molar-refractivity contribution in [1.82, 2.24) is 10.2 Å².